The second kappa shape index (κ2) is 10.3. The molecule has 0 aliphatic carbocycles. The number of rotatable bonds is 9. The van der Waals surface area contributed by atoms with Crippen LogP contribution in [0.1, 0.15) is 34.7 Å². The molecule has 2 atom stereocenters. The third kappa shape index (κ3) is 6.22. The monoisotopic (exact) mass is 470 g/mol. The molecule has 0 saturated carbocycles. The van der Waals surface area contributed by atoms with Gasteiger partial charge in [0.05, 0.1) is 18.6 Å². The summed E-state index contributed by atoms with van der Waals surface area (Å²) in [6.45, 7) is 0.154. The lowest BCUT2D eigenvalue weighted by atomic mass is 9.97. The first kappa shape index (κ1) is 24.0. The van der Waals surface area contributed by atoms with Gasteiger partial charge in [-0.15, -0.1) is 0 Å². The molecule has 12 nitrogen and oxygen atoms in total. The maximum atomic E-state index is 12.4. The summed E-state index contributed by atoms with van der Waals surface area (Å²) in [6.07, 6.45) is -0.834. The van der Waals surface area contributed by atoms with Crippen molar-refractivity contribution in [3.63, 3.8) is 0 Å². The summed E-state index contributed by atoms with van der Waals surface area (Å²) in [5.74, 6) is -3.96. The van der Waals surface area contributed by atoms with Gasteiger partial charge in [0, 0.05) is 29.7 Å². The maximum absolute atomic E-state index is 12.4. The second-order valence-electron chi connectivity index (χ2n) is 7.47. The van der Waals surface area contributed by atoms with Gasteiger partial charge in [0.1, 0.15) is 17.5 Å². The molecule has 1 aliphatic rings. The molecule has 0 saturated heterocycles. The molecule has 3 rings (SSSR count). The van der Waals surface area contributed by atoms with Crippen LogP contribution in [0, 0.1) is 5.41 Å². The zero-order chi connectivity index (χ0) is 24.8. The van der Waals surface area contributed by atoms with Crippen molar-refractivity contribution in [3.05, 3.63) is 53.6 Å². The Balaban J connectivity index is 1.61. The number of ether oxygens (including phenoxy) is 2. The fourth-order valence-electron chi connectivity index (χ4n) is 3.35. The summed E-state index contributed by atoms with van der Waals surface area (Å²) in [5, 5.41) is 29.8. The van der Waals surface area contributed by atoms with E-state index in [4.69, 9.17) is 30.8 Å². The zero-order valence-corrected chi connectivity index (χ0v) is 17.7. The molecule has 34 heavy (non-hydrogen) atoms. The molecular formula is C22H22N4O8. The number of amides is 1. The first-order valence-electron chi connectivity index (χ1n) is 10.1. The van der Waals surface area contributed by atoms with E-state index in [-0.39, 0.29) is 36.2 Å². The molecule has 1 amide bonds. The minimum atomic E-state index is -1.53. The SMILES string of the molecule is N=C(N)Nc1ccc(C(=O)Oc2ccc3c(c2)OC[C@@H]3CC(=O)N[C@H](CC(=O)O)C(=O)O)cc1. The second-order valence-corrected chi connectivity index (χ2v) is 7.47. The van der Waals surface area contributed by atoms with Crippen LogP contribution in [0.15, 0.2) is 42.5 Å². The number of carboxylic acid groups (broad SMARTS) is 2. The Kier molecular flexibility index (Phi) is 7.31. The number of esters is 1. The molecule has 0 fully saturated rings. The van der Waals surface area contributed by atoms with Crippen LogP contribution in [0.5, 0.6) is 11.5 Å². The topological polar surface area (TPSA) is 201 Å². The van der Waals surface area contributed by atoms with Crippen LogP contribution < -0.4 is 25.8 Å². The van der Waals surface area contributed by atoms with E-state index in [0.717, 1.165) is 0 Å². The molecule has 2 aromatic carbocycles. The van der Waals surface area contributed by atoms with Gasteiger partial charge in [-0.25, -0.2) is 9.59 Å². The number of hydrogen-bond donors (Lipinski definition) is 6. The van der Waals surface area contributed by atoms with E-state index in [1.54, 1.807) is 24.3 Å². The predicted octanol–water partition coefficient (Wildman–Crippen LogP) is 1.12. The van der Waals surface area contributed by atoms with Crippen LogP contribution in [-0.4, -0.2) is 52.6 Å². The van der Waals surface area contributed by atoms with Crippen LogP contribution in [0.25, 0.3) is 0 Å². The number of carbonyl (C=O) groups excluding carboxylic acids is 2. The normalized spacial score (nSPS) is 14.8. The number of carboxylic acids is 2. The van der Waals surface area contributed by atoms with Gasteiger partial charge in [-0.05, 0) is 30.3 Å². The third-order valence-electron chi connectivity index (χ3n) is 4.92. The predicted molar refractivity (Wildman–Crippen MR) is 118 cm³/mol. The van der Waals surface area contributed by atoms with Gasteiger partial charge in [-0.3, -0.25) is 15.0 Å². The van der Waals surface area contributed by atoms with E-state index in [0.29, 0.717) is 17.0 Å². The van der Waals surface area contributed by atoms with Crippen LogP contribution >= 0.6 is 0 Å². The van der Waals surface area contributed by atoms with E-state index >= 15 is 0 Å². The van der Waals surface area contributed by atoms with E-state index in [2.05, 4.69) is 10.6 Å². The van der Waals surface area contributed by atoms with Gasteiger partial charge in [-0.1, -0.05) is 6.07 Å². The number of fused-ring (bicyclic) bond motifs is 1. The Hall–Kier alpha value is -4.61. The van der Waals surface area contributed by atoms with Crippen LogP contribution in [0.2, 0.25) is 0 Å². The van der Waals surface area contributed by atoms with Crippen molar-refractivity contribution in [3.8, 4) is 11.5 Å². The molecule has 7 N–H and O–H groups in total. The van der Waals surface area contributed by atoms with Gasteiger partial charge < -0.3 is 36.1 Å². The van der Waals surface area contributed by atoms with E-state index in [1.807, 2.05) is 0 Å². The van der Waals surface area contributed by atoms with Crippen LogP contribution in [0.3, 0.4) is 0 Å². The molecule has 12 heteroatoms. The number of anilines is 1. The van der Waals surface area contributed by atoms with Crippen molar-refractivity contribution in [1.29, 1.82) is 5.41 Å². The molecule has 0 bridgehead atoms. The Labute approximate surface area is 193 Å². The number of nitrogens with one attached hydrogen (secondary N) is 3. The summed E-state index contributed by atoms with van der Waals surface area (Å²) in [4.78, 5) is 46.5. The molecule has 2 aromatic rings. The summed E-state index contributed by atoms with van der Waals surface area (Å²) < 4.78 is 11.0. The lowest BCUT2D eigenvalue weighted by Crippen LogP contribution is -2.42. The number of aliphatic carboxylic acids is 2. The van der Waals surface area contributed by atoms with Crippen molar-refractivity contribution in [1.82, 2.24) is 5.32 Å². The molecule has 1 aliphatic heterocycles. The van der Waals surface area contributed by atoms with Gasteiger partial charge in [0.15, 0.2) is 5.96 Å². The lowest BCUT2D eigenvalue weighted by Gasteiger charge is -2.14. The number of benzene rings is 2. The molecule has 1 heterocycles. The first-order valence-corrected chi connectivity index (χ1v) is 10.1. The largest absolute Gasteiger partial charge is 0.492 e. The quantitative estimate of drug-likeness (QED) is 0.133. The maximum Gasteiger partial charge on any atom is 0.343 e. The Morgan fingerprint density at radius 3 is 2.47 bits per heavy atom. The number of carbonyl (C=O) groups is 4. The Bertz CT molecular complexity index is 1130. The standard InChI is InChI=1S/C22H22N4O8/c23-22(24)25-13-3-1-11(2-4-13)21(32)34-14-5-6-15-12(10-33-17(15)8-14)7-18(27)26-16(20(30)31)9-19(28)29/h1-6,8,12,16H,7,9-10H2,(H,26,27)(H,28,29)(H,30,31)(H4,23,24,25)/t12-,16+/m0/s1. The van der Waals surface area contributed by atoms with E-state index < -0.39 is 36.3 Å². The summed E-state index contributed by atoms with van der Waals surface area (Å²) in [6, 6.07) is 9.36. The molecule has 0 spiro atoms. The highest BCUT2D eigenvalue weighted by Gasteiger charge is 2.29. The van der Waals surface area contributed by atoms with Gasteiger partial charge in [0.25, 0.3) is 0 Å². The smallest absolute Gasteiger partial charge is 0.343 e. The van der Waals surface area contributed by atoms with Gasteiger partial charge in [-0.2, -0.15) is 0 Å². The number of nitrogens with two attached hydrogens (primary N) is 1. The summed E-state index contributed by atoms with van der Waals surface area (Å²) >= 11 is 0. The van der Waals surface area contributed by atoms with Crippen molar-refractivity contribution in [2.24, 2.45) is 5.73 Å². The Morgan fingerprint density at radius 1 is 1.15 bits per heavy atom. The van der Waals surface area contributed by atoms with Gasteiger partial charge >= 0.3 is 17.9 Å². The minimum absolute atomic E-state index is 0.101. The molecule has 0 unspecified atom stereocenters. The van der Waals surface area contributed by atoms with E-state index in [9.17, 15) is 19.2 Å². The van der Waals surface area contributed by atoms with Gasteiger partial charge in [0.2, 0.25) is 5.91 Å². The van der Waals surface area contributed by atoms with Crippen LogP contribution in [-0.2, 0) is 14.4 Å². The van der Waals surface area contributed by atoms with Crippen molar-refractivity contribution in [2.75, 3.05) is 11.9 Å². The minimum Gasteiger partial charge on any atom is -0.492 e. The molecule has 178 valence electrons. The highest BCUT2D eigenvalue weighted by atomic mass is 16.5. The molecular weight excluding hydrogens is 448 g/mol. The highest BCUT2D eigenvalue weighted by Crippen LogP contribution is 2.38. The fraction of sp³-hybridized carbons (Fsp3) is 0.227. The van der Waals surface area contributed by atoms with Crippen molar-refractivity contribution < 1.29 is 38.9 Å². The first-order chi connectivity index (χ1) is 16.1. The van der Waals surface area contributed by atoms with Crippen molar-refractivity contribution >= 4 is 35.5 Å². The van der Waals surface area contributed by atoms with Crippen molar-refractivity contribution in [2.45, 2.75) is 24.8 Å². The molecule has 0 radical (unpaired) electrons. The van der Waals surface area contributed by atoms with Crippen LogP contribution in [0.4, 0.5) is 5.69 Å². The number of hydrogen-bond acceptors (Lipinski definition) is 7. The average Bonchev–Trinajstić information content (AvgIpc) is 3.14. The zero-order valence-electron chi connectivity index (χ0n) is 17.7. The third-order valence-corrected chi connectivity index (χ3v) is 4.92. The highest BCUT2D eigenvalue weighted by molar-refractivity contribution is 5.93. The summed E-state index contributed by atoms with van der Waals surface area (Å²) in [7, 11) is 0. The van der Waals surface area contributed by atoms with E-state index in [1.165, 1.54) is 18.2 Å². The molecule has 0 aromatic heterocycles. The fourth-order valence-corrected chi connectivity index (χ4v) is 3.35. The average molecular weight is 470 g/mol. The summed E-state index contributed by atoms with van der Waals surface area (Å²) in [5.41, 5.74) is 6.76. The number of guanidine groups is 1. The lowest BCUT2D eigenvalue weighted by molar-refractivity contribution is -0.147. The Morgan fingerprint density at radius 2 is 1.85 bits per heavy atom.